The van der Waals surface area contributed by atoms with Crippen LogP contribution in [0.4, 0.5) is 4.79 Å². The molecule has 0 fully saturated rings. The molecule has 1 unspecified atom stereocenters. The van der Waals surface area contributed by atoms with Crippen molar-refractivity contribution < 1.29 is 28.9 Å². The van der Waals surface area contributed by atoms with Crippen LogP contribution in [0.5, 0.6) is 0 Å². The Morgan fingerprint density at radius 3 is 1.37 bits per heavy atom. The quantitative estimate of drug-likeness (QED) is 0.0359. The second-order valence-electron chi connectivity index (χ2n) is 16.1. The van der Waals surface area contributed by atoms with Gasteiger partial charge in [-0.1, -0.05) is 156 Å². The van der Waals surface area contributed by atoms with Crippen molar-refractivity contribution in [3.05, 3.63) is 0 Å². The van der Waals surface area contributed by atoms with Gasteiger partial charge in [-0.2, -0.15) is 0 Å². The number of rotatable bonds is 43. The van der Waals surface area contributed by atoms with Crippen molar-refractivity contribution >= 4 is 12.1 Å². The molecule has 8 nitrogen and oxygen atoms in total. The van der Waals surface area contributed by atoms with Gasteiger partial charge in [-0.15, -0.1) is 0 Å². The van der Waals surface area contributed by atoms with E-state index in [1.54, 1.807) is 6.92 Å². The van der Waals surface area contributed by atoms with Crippen LogP contribution in [0.15, 0.2) is 0 Å². The lowest BCUT2D eigenvalue weighted by molar-refractivity contribution is -0.150. The molecule has 0 aromatic rings. The van der Waals surface area contributed by atoms with Crippen LogP contribution in [0.1, 0.15) is 233 Å². The number of aliphatic hydroxyl groups excluding tert-OH is 1. The van der Waals surface area contributed by atoms with Gasteiger partial charge in [0.15, 0.2) is 0 Å². The van der Waals surface area contributed by atoms with Crippen molar-refractivity contribution in [2.45, 2.75) is 245 Å². The lowest BCUT2D eigenvalue weighted by Crippen LogP contribution is -2.32. The van der Waals surface area contributed by atoms with Crippen molar-refractivity contribution in [2.75, 3.05) is 39.4 Å². The third-order valence-electron chi connectivity index (χ3n) is 10.6. The first-order valence-corrected chi connectivity index (χ1v) is 23.6. The number of aliphatic hydroxyl groups is 1. The highest BCUT2D eigenvalue weighted by Crippen LogP contribution is 2.18. The molecule has 0 saturated carbocycles. The van der Waals surface area contributed by atoms with E-state index in [1.165, 1.54) is 122 Å². The number of ether oxygens (including phenoxy) is 3. The van der Waals surface area contributed by atoms with E-state index in [9.17, 15) is 14.7 Å². The molecule has 1 atom stereocenters. The Labute approximate surface area is 335 Å². The van der Waals surface area contributed by atoms with Gasteiger partial charge < -0.3 is 24.2 Å². The van der Waals surface area contributed by atoms with Gasteiger partial charge in [0.25, 0.3) is 0 Å². The molecule has 0 bridgehead atoms. The molecule has 54 heavy (non-hydrogen) atoms. The number of carbonyl (C=O) groups is 2. The molecule has 0 radical (unpaired) electrons. The number of esters is 1. The third-order valence-corrected chi connectivity index (χ3v) is 10.6. The minimum atomic E-state index is -0.524. The van der Waals surface area contributed by atoms with Crippen molar-refractivity contribution in [2.24, 2.45) is 0 Å². The van der Waals surface area contributed by atoms with E-state index in [4.69, 9.17) is 14.2 Å². The summed E-state index contributed by atoms with van der Waals surface area (Å²) in [5.74, 6) is 0.0132. The van der Waals surface area contributed by atoms with Crippen LogP contribution in [-0.4, -0.2) is 73.9 Å². The fourth-order valence-electron chi connectivity index (χ4n) is 7.10. The minimum Gasteiger partial charge on any atom is -0.462 e. The lowest BCUT2D eigenvalue weighted by atomic mass is 10.0. The molecule has 0 aromatic carbocycles. The summed E-state index contributed by atoms with van der Waals surface area (Å²) < 4.78 is 16.5. The van der Waals surface area contributed by atoms with Crippen LogP contribution in [-0.2, 0) is 19.0 Å². The maximum Gasteiger partial charge on any atom is 0.508 e. The van der Waals surface area contributed by atoms with Crippen molar-refractivity contribution in [1.82, 2.24) is 10.2 Å². The summed E-state index contributed by atoms with van der Waals surface area (Å²) in [5.41, 5.74) is 0. The molecule has 0 aliphatic carbocycles. The smallest absolute Gasteiger partial charge is 0.462 e. The fraction of sp³-hybridized carbons (Fsp3) is 0.957. The van der Waals surface area contributed by atoms with Gasteiger partial charge in [0.2, 0.25) is 0 Å². The summed E-state index contributed by atoms with van der Waals surface area (Å²) in [6.45, 7) is 13.4. The normalized spacial score (nSPS) is 12.1. The topological polar surface area (TPSA) is 97.3 Å². The maximum atomic E-state index is 12.8. The monoisotopic (exact) mass is 769 g/mol. The van der Waals surface area contributed by atoms with Gasteiger partial charge in [-0.05, 0) is 97.3 Å². The van der Waals surface area contributed by atoms with E-state index in [-0.39, 0.29) is 12.1 Å². The first-order valence-electron chi connectivity index (χ1n) is 23.6. The molecular formula is C46H92N2O6. The Morgan fingerprint density at radius 2 is 0.907 bits per heavy atom. The van der Waals surface area contributed by atoms with Crippen LogP contribution in [0, 0.1) is 0 Å². The van der Waals surface area contributed by atoms with Crippen molar-refractivity contribution in [3.8, 4) is 0 Å². The lowest BCUT2D eigenvalue weighted by Gasteiger charge is -2.22. The Bertz CT molecular complexity index is 766. The van der Waals surface area contributed by atoms with E-state index in [2.05, 4.69) is 31.0 Å². The zero-order valence-corrected chi connectivity index (χ0v) is 36.5. The van der Waals surface area contributed by atoms with Crippen LogP contribution >= 0.6 is 0 Å². The van der Waals surface area contributed by atoms with Crippen LogP contribution in [0.25, 0.3) is 0 Å². The molecule has 0 heterocycles. The van der Waals surface area contributed by atoms with Gasteiger partial charge in [0.05, 0.1) is 13.2 Å². The first kappa shape index (κ1) is 52.6. The molecule has 0 spiro atoms. The van der Waals surface area contributed by atoms with Gasteiger partial charge in [0.1, 0.15) is 12.3 Å². The molecule has 0 aliphatic rings. The van der Waals surface area contributed by atoms with Crippen LogP contribution < -0.4 is 5.32 Å². The van der Waals surface area contributed by atoms with Gasteiger partial charge in [0, 0.05) is 6.42 Å². The summed E-state index contributed by atoms with van der Waals surface area (Å²) in [4.78, 5) is 27.2. The second kappa shape index (κ2) is 42.8. The first-order chi connectivity index (χ1) is 26.4. The Balaban J connectivity index is 4.22. The summed E-state index contributed by atoms with van der Waals surface area (Å²) in [5, 5.41) is 12.7. The SMILES string of the molecule is CCCCCCCCCOC(=O)OCCCCCCN(CCCCCCCC(=O)OC(CCCCCCCC)CCCCCCCC)CCCNC(C)O. The van der Waals surface area contributed by atoms with E-state index in [1.807, 2.05) is 0 Å². The molecule has 0 rings (SSSR count). The third kappa shape index (κ3) is 40.3. The maximum absolute atomic E-state index is 12.8. The zero-order chi connectivity index (χ0) is 39.6. The average molecular weight is 769 g/mol. The number of nitrogens with zero attached hydrogens (tertiary/aromatic N) is 1. The molecule has 322 valence electrons. The molecule has 0 saturated heterocycles. The number of hydrogen-bond acceptors (Lipinski definition) is 8. The van der Waals surface area contributed by atoms with Crippen LogP contribution in [0.2, 0.25) is 0 Å². The summed E-state index contributed by atoms with van der Waals surface area (Å²) in [7, 11) is 0. The van der Waals surface area contributed by atoms with Gasteiger partial charge >= 0.3 is 12.1 Å². The summed E-state index contributed by atoms with van der Waals surface area (Å²) in [6.07, 6.45) is 36.2. The number of carbonyl (C=O) groups excluding carboxylic acids is 2. The Kier molecular flexibility index (Phi) is 41.7. The van der Waals surface area contributed by atoms with Crippen LogP contribution in [0.3, 0.4) is 0 Å². The van der Waals surface area contributed by atoms with Crippen molar-refractivity contribution in [1.29, 1.82) is 0 Å². The number of nitrogens with one attached hydrogen (secondary N) is 1. The second-order valence-corrected chi connectivity index (χ2v) is 16.1. The van der Waals surface area contributed by atoms with Gasteiger partial charge in [-0.3, -0.25) is 10.1 Å². The Morgan fingerprint density at radius 1 is 0.519 bits per heavy atom. The molecule has 0 aromatic heterocycles. The molecule has 0 amide bonds. The average Bonchev–Trinajstić information content (AvgIpc) is 3.15. The largest absolute Gasteiger partial charge is 0.508 e. The van der Waals surface area contributed by atoms with E-state index >= 15 is 0 Å². The highest BCUT2D eigenvalue weighted by atomic mass is 16.7. The molecular weight excluding hydrogens is 677 g/mol. The highest BCUT2D eigenvalue weighted by Gasteiger charge is 2.14. The minimum absolute atomic E-state index is 0.0132. The Hall–Kier alpha value is -1.38. The molecule has 2 N–H and O–H groups in total. The van der Waals surface area contributed by atoms with E-state index in [0.29, 0.717) is 19.6 Å². The van der Waals surface area contributed by atoms with E-state index in [0.717, 1.165) is 103 Å². The standard InChI is InChI=1S/C46H92N2O6/c1-5-8-11-14-17-24-31-41-52-46(51)53-42-32-25-23-30-39-48(40-33-37-47-43(4)49)38-29-22-18-21-28-36-45(50)54-44(34-26-19-15-12-9-6-2)35-27-20-16-13-10-7-3/h43-44,47,49H,5-42H2,1-4H3. The van der Waals surface area contributed by atoms with Crippen molar-refractivity contribution in [3.63, 3.8) is 0 Å². The predicted octanol–water partition coefficient (Wildman–Crippen LogP) is 12.8. The van der Waals surface area contributed by atoms with E-state index < -0.39 is 12.4 Å². The molecule has 8 heteroatoms. The number of hydrogen-bond donors (Lipinski definition) is 2. The number of unbranched alkanes of at least 4 members (excludes halogenated alkanes) is 23. The predicted molar refractivity (Wildman–Crippen MR) is 228 cm³/mol. The fourth-order valence-corrected chi connectivity index (χ4v) is 7.10. The summed E-state index contributed by atoms with van der Waals surface area (Å²) in [6, 6.07) is 0. The highest BCUT2D eigenvalue weighted by molar-refractivity contribution is 5.69. The summed E-state index contributed by atoms with van der Waals surface area (Å²) >= 11 is 0. The molecule has 0 aliphatic heterocycles. The zero-order valence-electron chi connectivity index (χ0n) is 36.5. The van der Waals surface area contributed by atoms with Gasteiger partial charge in [-0.25, -0.2) is 4.79 Å².